The first-order valence-corrected chi connectivity index (χ1v) is 7.11. The third-order valence-electron chi connectivity index (χ3n) is 3.52. The molecular formula is C14H20FN3O4. The van der Waals surface area contributed by atoms with Gasteiger partial charge in [0.05, 0.1) is 18.9 Å². The van der Waals surface area contributed by atoms with E-state index in [9.17, 15) is 14.5 Å². The molecule has 0 bridgehead atoms. The van der Waals surface area contributed by atoms with Gasteiger partial charge in [0, 0.05) is 37.4 Å². The fraction of sp³-hybridized carbons (Fsp3) is 0.571. The Morgan fingerprint density at radius 1 is 1.50 bits per heavy atom. The average molecular weight is 313 g/mol. The summed E-state index contributed by atoms with van der Waals surface area (Å²) < 4.78 is 24.4. The van der Waals surface area contributed by atoms with Crippen LogP contribution in [0.4, 0.5) is 15.8 Å². The first kappa shape index (κ1) is 16.4. The van der Waals surface area contributed by atoms with Crippen LogP contribution < -0.4 is 10.2 Å². The second kappa shape index (κ2) is 7.90. The van der Waals surface area contributed by atoms with E-state index in [1.165, 1.54) is 13.2 Å². The average Bonchev–Trinajstić information content (AvgIpc) is 2.52. The molecule has 1 aliphatic heterocycles. The Bertz CT molecular complexity index is 509. The Morgan fingerprint density at radius 3 is 2.82 bits per heavy atom. The van der Waals surface area contributed by atoms with Gasteiger partial charge in [-0.15, -0.1) is 0 Å². The highest BCUT2D eigenvalue weighted by Crippen LogP contribution is 2.23. The van der Waals surface area contributed by atoms with E-state index in [1.807, 2.05) is 4.90 Å². The summed E-state index contributed by atoms with van der Waals surface area (Å²) in [5.41, 5.74) is 1.11. The third kappa shape index (κ3) is 4.54. The molecule has 7 nitrogen and oxygen atoms in total. The summed E-state index contributed by atoms with van der Waals surface area (Å²) in [5.74, 6) is -0.324. The van der Waals surface area contributed by atoms with E-state index in [1.54, 1.807) is 12.1 Å². The van der Waals surface area contributed by atoms with Gasteiger partial charge in [-0.25, -0.2) is 4.39 Å². The van der Waals surface area contributed by atoms with Crippen LogP contribution in [-0.2, 0) is 9.47 Å². The number of benzene rings is 1. The van der Waals surface area contributed by atoms with Gasteiger partial charge < -0.3 is 19.7 Å². The topological polar surface area (TPSA) is 76.9 Å². The molecule has 0 radical (unpaired) electrons. The highest BCUT2D eigenvalue weighted by molar-refractivity contribution is 5.56. The fourth-order valence-electron chi connectivity index (χ4n) is 2.30. The van der Waals surface area contributed by atoms with Gasteiger partial charge >= 0.3 is 0 Å². The molecular weight excluding hydrogens is 293 g/mol. The summed E-state index contributed by atoms with van der Waals surface area (Å²) in [6.45, 7) is 2.47. The number of rotatable bonds is 7. The zero-order chi connectivity index (χ0) is 15.9. The molecule has 22 heavy (non-hydrogen) atoms. The molecule has 1 aliphatic rings. The van der Waals surface area contributed by atoms with Crippen molar-refractivity contribution in [3.05, 3.63) is 34.1 Å². The molecule has 0 saturated carbocycles. The lowest BCUT2D eigenvalue weighted by atomic mass is 10.2. The molecule has 1 saturated heterocycles. The van der Waals surface area contributed by atoms with Crippen molar-refractivity contribution in [2.75, 3.05) is 56.7 Å². The van der Waals surface area contributed by atoms with E-state index in [2.05, 4.69) is 5.32 Å². The van der Waals surface area contributed by atoms with Crippen molar-refractivity contribution < 1.29 is 18.8 Å². The summed E-state index contributed by atoms with van der Waals surface area (Å²) >= 11 is 0. The van der Waals surface area contributed by atoms with Crippen molar-refractivity contribution in [3.63, 3.8) is 0 Å². The summed E-state index contributed by atoms with van der Waals surface area (Å²) in [6.07, 6.45) is -0.558. The molecule has 1 heterocycles. The van der Waals surface area contributed by atoms with E-state index >= 15 is 0 Å². The molecule has 0 aliphatic carbocycles. The Hall–Kier alpha value is -1.93. The van der Waals surface area contributed by atoms with Crippen LogP contribution in [0.2, 0.25) is 0 Å². The first-order valence-electron chi connectivity index (χ1n) is 7.11. The molecule has 0 aromatic heterocycles. The number of halogens is 1. The molecule has 2 rings (SSSR count). The number of morpholine rings is 1. The lowest BCUT2D eigenvalue weighted by molar-refractivity contribution is -0.490. The van der Waals surface area contributed by atoms with Gasteiger partial charge in [0.25, 0.3) is 0 Å². The van der Waals surface area contributed by atoms with Crippen molar-refractivity contribution in [1.82, 2.24) is 0 Å². The van der Waals surface area contributed by atoms with Crippen molar-refractivity contribution in [1.29, 1.82) is 0 Å². The number of anilines is 2. The Morgan fingerprint density at radius 2 is 2.23 bits per heavy atom. The van der Waals surface area contributed by atoms with Gasteiger partial charge in [-0.2, -0.15) is 0 Å². The Balaban J connectivity index is 1.95. The largest absolute Gasteiger partial charge is 0.382 e. The predicted octanol–water partition coefficient (Wildman–Crippen LogP) is 1.37. The van der Waals surface area contributed by atoms with Crippen LogP contribution in [0.25, 0.3) is 0 Å². The van der Waals surface area contributed by atoms with Crippen LogP contribution in [0.3, 0.4) is 0 Å². The van der Waals surface area contributed by atoms with E-state index in [-0.39, 0.29) is 18.9 Å². The second-order valence-electron chi connectivity index (χ2n) is 5.02. The van der Waals surface area contributed by atoms with Gasteiger partial charge in [-0.3, -0.25) is 10.1 Å². The van der Waals surface area contributed by atoms with E-state index in [4.69, 9.17) is 9.47 Å². The van der Waals surface area contributed by atoms with Crippen molar-refractivity contribution >= 4 is 11.4 Å². The quantitative estimate of drug-likeness (QED) is 0.605. The SMILES string of the molecule is CO[C@@H](CNc1ccc(N2CCOCC2)c(F)c1)C[N+](=O)[O-]. The minimum Gasteiger partial charge on any atom is -0.382 e. The highest BCUT2D eigenvalue weighted by atomic mass is 19.1. The molecule has 1 atom stereocenters. The zero-order valence-corrected chi connectivity index (χ0v) is 12.5. The van der Waals surface area contributed by atoms with Crippen LogP contribution in [-0.4, -0.2) is 57.5 Å². The zero-order valence-electron chi connectivity index (χ0n) is 12.5. The van der Waals surface area contributed by atoms with Crippen LogP contribution in [0.15, 0.2) is 18.2 Å². The molecule has 0 amide bonds. The van der Waals surface area contributed by atoms with Crippen LogP contribution >= 0.6 is 0 Å². The van der Waals surface area contributed by atoms with Gasteiger partial charge in [-0.1, -0.05) is 0 Å². The first-order chi connectivity index (χ1) is 10.6. The number of nitro groups is 1. The summed E-state index contributed by atoms with van der Waals surface area (Å²) in [6, 6.07) is 4.86. The van der Waals surface area contributed by atoms with E-state index < -0.39 is 11.0 Å². The lowest BCUT2D eigenvalue weighted by Crippen LogP contribution is -2.36. The second-order valence-corrected chi connectivity index (χ2v) is 5.02. The predicted molar refractivity (Wildman–Crippen MR) is 80.6 cm³/mol. The van der Waals surface area contributed by atoms with Crippen LogP contribution in [0.1, 0.15) is 0 Å². The standard InChI is InChI=1S/C14H20FN3O4/c1-21-12(10-18(19)20)9-16-11-2-3-14(13(15)8-11)17-4-6-22-7-5-17/h2-3,8,12,16H,4-7,9-10H2,1H3/t12-/m0/s1. The number of ether oxygens (including phenoxy) is 2. The summed E-state index contributed by atoms with van der Waals surface area (Å²) in [4.78, 5) is 12.0. The van der Waals surface area contributed by atoms with E-state index in [0.29, 0.717) is 37.7 Å². The molecule has 122 valence electrons. The number of hydrogen-bond acceptors (Lipinski definition) is 6. The lowest BCUT2D eigenvalue weighted by Gasteiger charge is -2.29. The van der Waals surface area contributed by atoms with Crippen molar-refractivity contribution in [3.8, 4) is 0 Å². The maximum absolute atomic E-state index is 14.2. The minimum atomic E-state index is -0.558. The van der Waals surface area contributed by atoms with Gasteiger partial charge in [0.15, 0.2) is 0 Å². The van der Waals surface area contributed by atoms with Gasteiger partial charge in [0.2, 0.25) is 6.54 Å². The maximum atomic E-state index is 14.2. The molecule has 0 unspecified atom stereocenters. The third-order valence-corrected chi connectivity index (χ3v) is 3.52. The number of hydrogen-bond donors (Lipinski definition) is 1. The molecule has 1 aromatic carbocycles. The minimum absolute atomic E-state index is 0.244. The van der Waals surface area contributed by atoms with Crippen LogP contribution in [0, 0.1) is 15.9 Å². The summed E-state index contributed by atoms with van der Waals surface area (Å²) in [7, 11) is 1.41. The van der Waals surface area contributed by atoms with E-state index in [0.717, 1.165) is 0 Å². The van der Waals surface area contributed by atoms with Crippen LogP contribution in [0.5, 0.6) is 0 Å². The number of nitrogens with zero attached hydrogens (tertiary/aromatic N) is 2. The molecule has 8 heteroatoms. The normalized spacial score (nSPS) is 16.4. The highest BCUT2D eigenvalue weighted by Gasteiger charge is 2.17. The Labute approximate surface area is 128 Å². The number of methoxy groups -OCH3 is 1. The fourth-order valence-corrected chi connectivity index (χ4v) is 2.30. The van der Waals surface area contributed by atoms with Gasteiger partial charge in [0.1, 0.15) is 11.9 Å². The summed E-state index contributed by atoms with van der Waals surface area (Å²) in [5, 5.41) is 13.4. The molecule has 0 spiro atoms. The molecule has 1 N–H and O–H groups in total. The number of nitrogens with one attached hydrogen (secondary N) is 1. The van der Waals surface area contributed by atoms with Crippen molar-refractivity contribution in [2.45, 2.75) is 6.10 Å². The smallest absolute Gasteiger partial charge is 0.231 e. The van der Waals surface area contributed by atoms with Crippen molar-refractivity contribution in [2.24, 2.45) is 0 Å². The molecule has 1 aromatic rings. The maximum Gasteiger partial charge on any atom is 0.231 e. The Kier molecular flexibility index (Phi) is 5.91. The monoisotopic (exact) mass is 313 g/mol. The molecule has 1 fully saturated rings. The van der Waals surface area contributed by atoms with Gasteiger partial charge in [-0.05, 0) is 18.2 Å².